The quantitative estimate of drug-likeness (QED) is 0.651. The van der Waals surface area contributed by atoms with Crippen molar-refractivity contribution in [3.05, 3.63) is 73.5 Å². The standard InChI is InChI=1S/C15H14BrFN2O2/c1-10-11(3-2-4-15(10)19(20)21)8-18-9-12-7-13(17)5-6-14(12)16/h2-7,18H,8-9H2,1H3. The van der Waals surface area contributed by atoms with Crippen LogP contribution >= 0.6 is 15.9 Å². The smallest absolute Gasteiger partial charge is 0.272 e. The van der Waals surface area contributed by atoms with Crippen LogP contribution in [0.1, 0.15) is 16.7 Å². The maximum Gasteiger partial charge on any atom is 0.272 e. The molecule has 0 aliphatic rings. The summed E-state index contributed by atoms with van der Waals surface area (Å²) in [5.74, 6) is -0.290. The molecule has 0 saturated heterocycles. The number of hydrogen-bond acceptors (Lipinski definition) is 3. The van der Waals surface area contributed by atoms with E-state index in [0.717, 1.165) is 15.6 Å². The largest absolute Gasteiger partial charge is 0.309 e. The lowest BCUT2D eigenvalue weighted by atomic mass is 10.1. The van der Waals surface area contributed by atoms with Gasteiger partial charge in [0.05, 0.1) is 4.92 Å². The molecule has 0 radical (unpaired) electrons. The van der Waals surface area contributed by atoms with Gasteiger partial charge in [-0.05, 0) is 36.2 Å². The first-order chi connectivity index (χ1) is 9.99. The molecular formula is C15H14BrFN2O2. The van der Waals surface area contributed by atoms with E-state index in [1.807, 2.05) is 6.07 Å². The molecule has 0 amide bonds. The summed E-state index contributed by atoms with van der Waals surface area (Å²) >= 11 is 3.37. The number of rotatable bonds is 5. The van der Waals surface area contributed by atoms with Crippen LogP contribution < -0.4 is 5.32 Å². The molecule has 0 heterocycles. The fourth-order valence-corrected chi connectivity index (χ4v) is 2.46. The van der Waals surface area contributed by atoms with Crippen LogP contribution in [-0.2, 0) is 13.1 Å². The lowest BCUT2D eigenvalue weighted by Crippen LogP contribution is -2.14. The molecule has 0 fully saturated rings. The first kappa shape index (κ1) is 15.6. The molecule has 0 atom stereocenters. The Morgan fingerprint density at radius 2 is 1.95 bits per heavy atom. The Kier molecular flexibility index (Phi) is 5.03. The van der Waals surface area contributed by atoms with Crippen LogP contribution in [0.3, 0.4) is 0 Å². The van der Waals surface area contributed by atoms with Gasteiger partial charge >= 0.3 is 0 Å². The average molecular weight is 353 g/mol. The van der Waals surface area contributed by atoms with E-state index in [9.17, 15) is 14.5 Å². The van der Waals surface area contributed by atoms with Gasteiger partial charge in [0.15, 0.2) is 0 Å². The summed E-state index contributed by atoms with van der Waals surface area (Å²) in [6.07, 6.45) is 0. The number of hydrogen-bond donors (Lipinski definition) is 1. The maximum absolute atomic E-state index is 13.2. The van der Waals surface area contributed by atoms with E-state index in [-0.39, 0.29) is 16.4 Å². The molecule has 0 bridgehead atoms. The number of nitrogens with zero attached hydrogens (tertiary/aromatic N) is 1. The molecule has 0 aliphatic heterocycles. The van der Waals surface area contributed by atoms with Gasteiger partial charge in [-0.3, -0.25) is 10.1 Å². The zero-order valence-corrected chi connectivity index (χ0v) is 13.0. The average Bonchev–Trinajstić information content (AvgIpc) is 2.44. The third kappa shape index (κ3) is 3.86. The maximum atomic E-state index is 13.2. The topological polar surface area (TPSA) is 55.2 Å². The Hall–Kier alpha value is -1.79. The van der Waals surface area contributed by atoms with Crippen LogP contribution in [0.25, 0.3) is 0 Å². The fourth-order valence-electron chi connectivity index (χ4n) is 2.07. The zero-order valence-electron chi connectivity index (χ0n) is 11.4. The van der Waals surface area contributed by atoms with Crippen LogP contribution in [0.2, 0.25) is 0 Å². The van der Waals surface area contributed by atoms with Crippen LogP contribution in [0.4, 0.5) is 10.1 Å². The highest BCUT2D eigenvalue weighted by Gasteiger charge is 2.12. The second kappa shape index (κ2) is 6.78. The van der Waals surface area contributed by atoms with Crippen LogP contribution in [0, 0.1) is 22.9 Å². The van der Waals surface area contributed by atoms with Crippen molar-refractivity contribution in [3.63, 3.8) is 0 Å². The van der Waals surface area contributed by atoms with Gasteiger partial charge < -0.3 is 5.32 Å². The highest BCUT2D eigenvalue weighted by Crippen LogP contribution is 2.21. The molecule has 0 unspecified atom stereocenters. The van der Waals surface area contributed by atoms with Gasteiger partial charge in [0.25, 0.3) is 5.69 Å². The number of halogens is 2. The van der Waals surface area contributed by atoms with E-state index in [0.29, 0.717) is 18.7 Å². The second-order valence-electron chi connectivity index (χ2n) is 4.66. The summed E-state index contributed by atoms with van der Waals surface area (Å²) in [6.45, 7) is 2.68. The minimum Gasteiger partial charge on any atom is -0.309 e. The SMILES string of the molecule is Cc1c(CNCc2cc(F)ccc2Br)cccc1[N+](=O)[O-]. The summed E-state index contributed by atoms with van der Waals surface area (Å²) < 4.78 is 14.0. The number of nitro groups is 1. The third-order valence-corrected chi connectivity index (χ3v) is 4.03. The molecule has 4 nitrogen and oxygen atoms in total. The minimum atomic E-state index is -0.387. The van der Waals surface area contributed by atoms with Gasteiger partial charge in [0, 0.05) is 29.2 Å². The van der Waals surface area contributed by atoms with Crippen molar-refractivity contribution in [1.29, 1.82) is 0 Å². The van der Waals surface area contributed by atoms with Gasteiger partial charge in [-0.25, -0.2) is 4.39 Å². The van der Waals surface area contributed by atoms with Crippen molar-refractivity contribution in [2.24, 2.45) is 0 Å². The van der Waals surface area contributed by atoms with Crippen molar-refractivity contribution >= 4 is 21.6 Å². The van der Waals surface area contributed by atoms with Crippen LogP contribution in [0.15, 0.2) is 40.9 Å². The Labute approximate surface area is 130 Å². The molecule has 0 aromatic heterocycles. The number of nitrogens with one attached hydrogen (secondary N) is 1. The Morgan fingerprint density at radius 3 is 2.67 bits per heavy atom. The molecule has 21 heavy (non-hydrogen) atoms. The highest BCUT2D eigenvalue weighted by atomic mass is 79.9. The highest BCUT2D eigenvalue weighted by molar-refractivity contribution is 9.10. The molecule has 2 aromatic carbocycles. The molecule has 110 valence electrons. The zero-order chi connectivity index (χ0) is 15.4. The summed E-state index contributed by atoms with van der Waals surface area (Å²) in [4.78, 5) is 10.5. The first-order valence-electron chi connectivity index (χ1n) is 6.36. The minimum absolute atomic E-state index is 0.112. The van der Waals surface area contributed by atoms with E-state index in [2.05, 4.69) is 21.2 Å². The van der Waals surface area contributed by atoms with Gasteiger partial charge in [0.1, 0.15) is 5.82 Å². The first-order valence-corrected chi connectivity index (χ1v) is 7.16. The Balaban J connectivity index is 2.05. The summed E-state index contributed by atoms with van der Waals surface area (Å²) in [5.41, 5.74) is 2.42. The van der Waals surface area contributed by atoms with Gasteiger partial charge in [-0.1, -0.05) is 28.1 Å². The summed E-state index contributed by atoms with van der Waals surface area (Å²) in [7, 11) is 0. The molecular weight excluding hydrogens is 339 g/mol. The van der Waals surface area contributed by atoms with Crippen LogP contribution in [-0.4, -0.2) is 4.92 Å². The molecule has 6 heteroatoms. The molecule has 0 saturated carbocycles. The molecule has 0 spiro atoms. The van der Waals surface area contributed by atoms with Crippen molar-refractivity contribution in [2.45, 2.75) is 20.0 Å². The molecule has 1 N–H and O–H groups in total. The van der Waals surface area contributed by atoms with Crippen molar-refractivity contribution < 1.29 is 9.31 Å². The summed E-state index contributed by atoms with van der Waals surface area (Å²) in [6, 6.07) is 9.50. The lowest BCUT2D eigenvalue weighted by Gasteiger charge is -2.09. The van der Waals surface area contributed by atoms with Gasteiger partial charge in [0.2, 0.25) is 0 Å². The van der Waals surface area contributed by atoms with Gasteiger partial charge in [-0.2, -0.15) is 0 Å². The van der Waals surface area contributed by atoms with Crippen molar-refractivity contribution in [1.82, 2.24) is 5.32 Å². The van der Waals surface area contributed by atoms with E-state index < -0.39 is 0 Å². The van der Waals surface area contributed by atoms with E-state index in [4.69, 9.17) is 0 Å². The number of benzene rings is 2. The predicted molar refractivity (Wildman–Crippen MR) is 82.5 cm³/mol. The normalized spacial score (nSPS) is 10.6. The number of nitro benzene ring substituents is 1. The molecule has 0 aliphatic carbocycles. The van der Waals surface area contributed by atoms with E-state index in [1.165, 1.54) is 18.2 Å². The second-order valence-corrected chi connectivity index (χ2v) is 5.51. The Morgan fingerprint density at radius 1 is 1.24 bits per heavy atom. The van der Waals surface area contributed by atoms with Gasteiger partial charge in [-0.15, -0.1) is 0 Å². The Bertz CT molecular complexity index is 677. The van der Waals surface area contributed by atoms with E-state index in [1.54, 1.807) is 19.1 Å². The monoisotopic (exact) mass is 352 g/mol. The van der Waals surface area contributed by atoms with E-state index >= 15 is 0 Å². The predicted octanol–water partition coefficient (Wildman–Crippen LogP) is 4.09. The van der Waals surface area contributed by atoms with Crippen molar-refractivity contribution in [3.8, 4) is 0 Å². The molecule has 2 aromatic rings. The third-order valence-electron chi connectivity index (χ3n) is 3.25. The van der Waals surface area contributed by atoms with Crippen molar-refractivity contribution in [2.75, 3.05) is 0 Å². The fraction of sp³-hybridized carbons (Fsp3) is 0.200. The molecule has 2 rings (SSSR count). The lowest BCUT2D eigenvalue weighted by molar-refractivity contribution is -0.385. The summed E-state index contributed by atoms with van der Waals surface area (Å²) in [5, 5.41) is 14.1. The van der Waals surface area contributed by atoms with Crippen LogP contribution in [0.5, 0.6) is 0 Å².